The third kappa shape index (κ3) is 2.58. The van der Waals surface area contributed by atoms with Crippen LogP contribution in [-0.2, 0) is 6.42 Å². The molecule has 1 aromatic heterocycles. The molecule has 1 unspecified atom stereocenters. The molecule has 0 fully saturated rings. The molecule has 1 heterocycles. The van der Waals surface area contributed by atoms with E-state index in [4.69, 9.17) is 17.3 Å². The summed E-state index contributed by atoms with van der Waals surface area (Å²) in [6.07, 6.45) is 2.17. The zero-order chi connectivity index (χ0) is 12.4. The summed E-state index contributed by atoms with van der Waals surface area (Å²) in [5, 5.41) is 4.54. The molecule has 0 radical (unpaired) electrons. The summed E-state index contributed by atoms with van der Waals surface area (Å²) in [4.78, 5) is 0. The van der Waals surface area contributed by atoms with Gasteiger partial charge < -0.3 is 5.73 Å². The number of nitrogens with two attached hydrogens (primary N) is 1. The van der Waals surface area contributed by atoms with E-state index in [-0.39, 0.29) is 11.9 Å². The minimum absolute atomic E-state index is 0.0318. The first-order chi connectivity index (χ1) is 8.08. The van der Waals surface area contributed by atoms with E-state index >= 15 is 0 Å². The average Bonchev–Trinajstić information content (AvgIpc) is 2.60. The molecule has 1 aromatic carbocycles. The smallest absolute Gasteiger partial charge is 0.140 e. The summed E-state index contributed by atoms with van der Waals surface area (Å²) in [6, 6.07) is 6.53. The van der Waals surface area contributed by atoms with Crippen molar-refractivity contribution < 1.29 is 4.39 Å². The quantitative estimate of drug-likeness (QED) is 0.914. The lowest BCUT2D eigenvalue weighted by Gasteiger charge is -2.14. The monoisotopic (exact) mass is 253 g/mol. The number of rotatable bonds is 3. The Balaban J connectivity index is 2.17. The van der Waals surface area contributed by atoms with Crippen LogP contribution in [-0.4, -0.2) is 9.78 Å². The Hall–Kier alpha value is -1.55. The van der Waals surface area contributed by atoms with Crippen molar-refractivity contribution in [2.24, 2.45) is 0 Å². The maximum atomic E-state index is 13.0. The van der Waals surface area contributed by atoms with Crippen LogP contribution in [0.15, 0.2) is 30.5 Å². The van der Waals surface area contributed by atoms with Crippen LogP contribution in [0.5, 0.6) is 0 Å². The molecular weight excluding hydrogens is 241 g/mol. The van der Waals surface area contributed by atoms with Crippen molar-refractivity contribution in [2.45, 2.75) is 19.4 Å². The number of hydrogen-bond donors (Lipinski definition) is 1. The van der Waals surface area contributed by atoms with Crippen LogP contribution in [0.2, 0.25) is 5.02 Å². The number of nitrogen functional groups attached to an aromatic ring is 1. The maximum absolute atomic E-state index is 13.0. The van der Waals surface area contributed by atoms with Gasteiger partial charge in [0.05, 0.1) is 12.2 Å². The van der Waals surface area contributed by atoms with Crippen LogP contribution in [0, 0.1) is 5.82 Å². The Bertz CT molecular complexity index is 524. The highest BCUT2D eigenvalue weighted by molar-refractivity contribution is 6.32. The number of aromatic nitrogens is 2. The highest BCUT2D eigenvalue weighted by atomic mass is 35.5. The Labute approximate surface area is 104 Å². The topological polar surface area (TPSA) is 43.8 Å². The highest BCUT2D eigenvalue weighted by Gasteiger charge is 2.12. The Morgan fingerprint density at radius 1 is 1.53 bits per heavy atom. The summed E-state index contributed by atoms with van der Waals surface area (Å²) in [5.41, 5.74) is 6.69. The lowest BCUT2D eigenvalue weighted by molar-refractivity contribution is 0.494. The van der Waals surface area contributed by atoms with Crippen molar-refractivity contribution in [3.63, 3.8) is 0 Å². The van der Waals surface area contributed by atoms with E-state index in [1.807, 2.05) is 13.0 Å². The van der Waals surface area contributed by atoms with Crippen LogP contribution in [0.3, 0.4) is 0 Å². The predicted molar refractivity (Wildman–Crippen MR) is 66.5 cm³/mol. The lowest BCUT2D eigenvalue weighted by Crippen LogP contribution is -2.12. The standard InChI is InChI=1S/C12H13ClFN3/c1-8(17-12(15)11(13)7-16-17)5-9-3-2-4-10(14)6-9/h2-4,6-8H,5,15H2,1H3. The van der Waals surface area contributed by atoms with Gasteiger partial charge in [0.15, 0.2) is 0 Å². The molecule has 0 spiro atoms. The third-order valence-electron chi connectivity index (χ3n) is 2.62. The second-order valence-corrected chi connectivity index (χ2v) is 4.41. The zero-order valence-electron chi connectivity index (χ0n) is 9.40. The molecule has 0 saturated heterocycles. The normalized spacial score (nSPS) is 12.6. The molecule has 5 heteroatoms. The van der Waals surface area contributed by atoms with E-state index < -0.39 is 0 Å². The summed E-state index contributed by atoms with van der Waals surface area (Å²) in [6.45, 7) is 1.96. The van der Waals surface area contributed by atoms with Crippen molar-refractivity contribution in [1.82, 2.24) is 9.78 Å². The molecule has 1 atom stereocenters. The van der Waals surface area contributed by atoms with Crippen LogP contribution in [0.25, 0.3) is 0 Å². The molecule has 2 N–H and O–H groups in total. The molecule has 2 rings (SSSR count). The fourth-order valence-electron chi connectivity index (χ4n) is 1.79. The fraction of sp³-hybridized carbons (Fsp3) is 0.250. The van der Waals surface area contributed by atoms with Gasteiger partial charge in [-0.05, 0) is 31.0 Å². The van der Waals surface area contributed by atoms with Crippen molar-refractivity contribution in [3.05, 3.63) is 46.9 Å². The van der Waals surface area contributed by atoms with E-state index in [1.165, 1.54) is 18.3 Å². The maximum Gasteiger partial charge on any atom is 0.140 e. The molecule has 2 aromatic rings. The Morgan fingerprint density at radius 3 is 2.88 bits per heavy atom. The molecule has 3 nitrogen and oxygen atoms in total. The minimum Gasteiger partial charge on any atom is -0.383 e. The van der Waals surface area contributed by atoms with E-state index in [0.717, 1.165) is 5.56 Å². The second kappa shape index (κ2) is 4.75. The third-order valence-corrected chi connectivity index (χ3v) is 2.92. The molecule has 0 aliphatic rings. The fourth-order valence-corrected chi connectivity index (χ4v) is 1.92. The van der Waals surface area contributed by atoms with E-state index in [0.29, 0.717) is 17.3 Å². The number of benzene rings is 1. The van der Waals surface area contributed by atoms with Gasteiger partial charge in [-0.2, -0.15) is 5.10 Å². The van der Waals surface area contributed by atoms with Gasteiger partial charge in [0.2, 0.25) is 0 Å². The van der Waals surface area contributed by atoms with E-state index in [9.17, 15) is 4.39 Å². The van der Waals surface area contributed by atoms with E-state index in [2.05, 4.69) is 5.10 Å². The molecule has 90 valence electrons. The zero-order valence-corrected chi connectivity index (χ0v) is 10.2. The first-order valence-electron chi connectivity index (χ1n) is 5.31. The Morgan fingerprint density at radius 2 is 2.29 bits per heavy atom. The van der Waals surface area contributed by atoms with Crippen molar-refractivity contribution in [2.75, 3.05) is 5.73 Å². The van der Waals surface area contributed by atoms with Crippen molar-refractivity contribution in [1.29, 1.82) is 0 Å². The van der Waals surface area contributed by atoms with Gasteiger partial charge in [-0.1, -0.05) is 23.7 Å². The summed E-state index contributed by atoms with van der Waals surface area (Å²) < 4.78 is 14.7. The number of nitrogens with zero attached hydrogens (tertiary/aromatic N) is 2. The Kier molecular flexibility index (Phi) is 3.33. The van der Waals surface area contributed by atoms with Crippen LogP contribution in [0.1, 0.15) is 18.5 Å². The predicted octanol–water partition coefficient (Wildman–Crippen LogP) is 3.06. The number of anilines is 1. The largest absolute Gasteiger partial charge is 0.383 e. The van der Waals surface area contributed by atoms with Gasteiger partial charge in [-0.3, -0.25) is 0 Å². The summed E-state index contributed by atoms with van der Waals surface area (Å²) >= 11 is 5.83. The lowest BCUT2D eigenvalue weighted by atomic mass is 10.1. The van der Waals surface area contributed by atoms with Crippen molar-refractivity contribution in [3.8, 4) is 0 Å². The molecule has 0 aliphatic carbocycles. The molecule has 0 amide bonds. The second-order valence-electron chi connectivity index (χ2n) is 4.01. The van der Waals surface area contributed by atoms with Gasteiger partial charge in [-0.15, -0.1) is 0 Å². The minimum atomic E-state index is -0.235. The van der Waals surface area contributed by atoms with Crippen LogP contribution in [0.4, 0.5) is 10.2 Å². The van der Waals surface area contributed by atoms with E-state index in [1.54, 1.807) is 10.7 Å². The van der Waals surface area contributed by atoms with Gasteiger partial charge in [0.1, 0.15) is 16.7 Å². The van der Waals surface area contributed by atoms with Crippen LogP contribution < -0.4 is 5.73 Å². The average molecular weight is 254 g/mol. The summed E-state index contributed by atoms with van der Waals surface area (Å²) in [7, 11) is 0. The SMILES string of the molecule is CC(Cc1cccc(F)c1)n1ncc(Cl)c1N. The highest BCUT2D eigenvalue weighted by Crippen LogP contribution is 2.23. The number of hydrogen-bond acceptors (Lipinski definition) is 2. The first-order valence-corrected chi connectivity index (χ1v) is 5.68. The first kappa shape index (κ1) is 11.9. The van der Waals surface area contributed by atoms with Gasteiger partial charge in [-0.25, -0.2) is 9.07 Å². The molecule has 0 bridgehead atoms. The molecule has 0 saturated carbocycles. The number of halogens is 2. The van der Waals surface area contributed by atoms with Gasteiger partial charge in [0.25, 0.3) is 0 Å². The van der Waals surface area contributed by atoms with Crippen LogP contribution >= 0.6 is 11.6 Å². The van der Waals surface area contributed by atoms with Crippen molar-refractivity contribution >= 4 is 17.4 Å². The molecular formula is C12H13ClFN3. The van der Waals surface area contributed by atoms with Gasteiger partial charge in [0, 0.05) is 0 Å². The molecule has 0 aliphatic heterocycles. The van der Waals surface area contributed by atoms with Gasteiger partial charge >= 0.3 is 0 Å². The molecule has 17 heavy (non-hydrogen) atoms. The summed E-state index contributed by atoms with van der Waals surface area (Å²) in [5.74, 6) is 0.205.